The number of aromatic nitrogens is 2. The first-order chi connectivity index (χ1) is 9.66. The van der Waals surface area contributed by atoms with Gasteiger partial charge in [0, 0.05) is 25.1 Å². The van der Waals surface area contributed by atoms with E-state index in [1.165, 1.54) is 11.6 Å². The van der Waals surface area contributed by atoms with Gasteiger partial charge in [-0.15, -0.1) is 0 Å². The van der Waals surface area contributed by atoms with Crippen LogP contribution in [-0.2, 0) is 9.53 Å². The van der Waals surface area contributed by atoms with E-state index in [9.17, 15) is 9.59 Å². The molecule has 0 atom stereocenters. The van der Waals surface area contributed by atoms with Gasteiger partial charge in [0.1, 0.15) is 0 Å². The highest BCUT2D eigenvalue weighted by molar-refractivity contribution is 5.78. The van der Waals surface area contributed by atoms with Gasteiger partial charge in [-0.2, -0.15) is 5.10 Å². The fourth-order valence-corrected chi connectivity index (χ4v) is 1.78. The predicted octanol–water partition coefficient (Wildman–Crippen LogP) is 2.53. The summed E-state index contributed by atoms with van der Waals surface area (Å²) >= 11 is 0. The molecule has 2 aromatic rings. The van der Waals surface area contributed by atoms with E-state index in [1.54, 1.807) is 12.3 Å². The van der Waals surface area contributed by atoms with Crippen molar-refractivity contribution in [1.82, 2.24) is 9.78 Å². The normalized spacial score (nSPS) is 10.2. The second-order valence-electron chi connectivity index (χ2n) is 4.35. The second-order valence-corrected chi connectivity index (χ2v) is 4.35. The molecular formula is C15H16N2O3. The van der Waals surface area contributed by atoms with Gasteiger partial charge in [0.25, 0.3) is 0 Å². The van der Waals surface area contributed by atoms with Crippen molar-refractivity contribution in [3.63, 3.8) is 0 Å². The van der Waals surface area contributed by atoms with E-state index in [4.69, 9.17) is 4.74 Å². The third kappa shape index (κ3) is 3.78. The van der Waals surface area contributed by atoms with Gasteiger partial charge in [0.05, 0.1) is 12.3 Å². The molecule has 0 bridgehead atoms. The van der Waals surface area contributed by atoms with Gasteiger partial charge >= 0.3 is 5.97 Å². The zero-order valence-corrected chi connectivity index (χ0v) is 11.3. The van der Waals surface area contributed by atoms with Crippen molar-refractivity contribution < 1.29 is 14.3 Å². The Kier molecular flexibility index (Phi) is 4.65. The number of hydrogen-bond acceptors (Lipinski definition) is 4. The number of nitrogens with zero attached hydrogens (tertiary/aromatic N) is 2. The van der Waals surface area contributed by atoms with Gasteiger partial charge in [-0.05, 0) is 12.5 Å². The maximum atomic E-state index is 11.9. The Hall–Kier alpha value is -2.43. The molecule has 1 heterocycles. The molecule has 0 saturated carbocycles. The summed E-state index contributed by atoms with van der Waals surface area (Å²) in [5, 5.41) is 4.25. The summed E-state index contributed by atoms with van der Waals surface area (Å²) in [6.07, 6.45) is 2.44. The quantitative estimate of drug-likeness (QED) is 0.620. The summed E-state index contributed by atoms with van der Waals surface area (Å²) in [7, 11) is 0. The first kappa shape index (κ1) is 14.0. The molecule has 20 heavy (non-hydrogen) atoms. The zero-order valence-electron chi connectivity index (χ0n) is 11.3. The first-order valence-electron chi connectivity index (χ1n) is 6.44. The summed E-state index contributed by atoms with van der Waals surface area (Å²) in [5.41, 5.74) is 1.73. The molecule has 0 saturated heterocycles. The van der Waals surface area contributed by atoms with Gasteiger partial charge < -0.3 is 4.74 Å². The Morgan fingerprint density at radius 2 is 1.95 bits per heavy atom. The topological polar surface area (TPSA) is 61.2 Å². The van der Waals surface area contributed by atoms with Crippen LogP contribution in [0.1, 0.15) is 24.6 Å². The molecule has 0 aliphatic heterocycles. The van der Waals surface area contributed by atoms with Gasteiger partial charge in [0.2, 0.25) is 5.91 Å². The van der Waals surface area contributed by atoms with Gasteiger partial charge in [0.15, 0.2) is 0 Å². The SMILES string of the molecule is CC(=O)OCCCC(=O)n1ccc(-c2ccccc2)n1. The standard InChI is InChI=1S/C15H16N2O3/c1-12(18)20-11-5-8-15(19)17-10-9-14(16-17)13-6-3-2-4-7-13/h2-4,6-7,9-10H,5,8,11H2,1H3. The van der Waals surface area contributed by atoms with Gasteiger partial charge in [-0.25, -0.2) is 4.68 Å². The van der Waals surface area contributed by atoms with Crippen LogP contribution in [0, 0.1) is 0 Å². The summed E-state index contributed by atoms with van der Waals surface area (Å²) in [5.74, 6) is -0.442. The Morgan fingerprint density at radius 3 is 2.65 bits per heavy atom. The smallest absolute Gasteiger partial charge is 0.302 e. The second kappa shape index (κ2) is 6.65. The van der Waals surface area contributed by atoms with Crippen molar-refractivity contribution in [1.29, 1.82) is 0 Å². The molecule has 0 N–H and O–H groups in total. The monoisotopic (exact) mass is 272 g/mol. The fraction of sp³-hybridized carbons (Fsp3) is 0.267. The number of rotatable bonds is 5. The van der Waals surface area contributed by atoms with E-state index in [1.807, 2.05) is 30.3 Å². The minimum absolute atomic E-state index is 0.112. The van der Waals surface area contributed by atoms with Crippen LogP contribution in [0.5, 0.6) is 0 Å². The minimum Gasteiger partial charge on any atom is -0.466 e. The first-order valence-corrected chi connectivity index (χ1v) is 6.44. The van der Waals surface area contributed by atoms with Crippen molar-refractivity contribution in [2.75, 3.05) is 6.61 Å². The third-order valence-corrected chi connectivity index (χ3v) is 2.75. The molecule has 5 heteroatoms. The van der Waals surface area contributed by atoms with E-state index in [0.29, 0.717) is 12.8 Å². The number of ether oxygens (including phenoxy) is 1. The zero-order chi connectivity index (χ0) is 14.4. The predicted molar refractivity (Wildman–Crippen MR) is 74.2 cm³/mol. The Labute approximate surface area is 117 Å². The summed E-state index contributed by atoms with van der Waals surface area (Å²) < 4.78 is 6.11. The van der Waals surface area contributed by atoms with E-state index in [0.717, 1.165) is 11.3 Å². The minimum atomic E-state index is -0.331. The molecule has 0 amide bonds. The van der Waals surface area contributed by atoms with Gasteiger partial charge in [-0.1, -0.05) is 30.3 Å². The van der Waals surface area contributed by atoms with Crippen LogP contribution in [0.15, 0.2) is 42.6 Å². The lowest BCUT2D eigenvalue weighted by Gasteiger charge is -2.02. The maximum absolute atomic E-state index is 11.9. The van der Waals surface area contributed by atoms with Crippen molar-refractivity contribution in [2.45, 2.75) is 19.8 Å². The maximum Gasteiger partial charge on any atom is 0.302 e. The molecule has 1 aromatic carbocycles. The molecule has 0 aliphatic carbocycles. The van der Waals surface area contributed by atoms with Crippen LogP contribution < -0.4 is 0 Å². The molecule has 0 radical (unpaired) electrons. The molecule has 104 valence electrons. The Morgan fingerprint density at radius 1 is 1.20 bits per heavy atom. The average Bonchev–Trinajstić information content (AvgIpc) is 2.94. The van der Waals surface area contributed by atoms with Crippen molar-refractivity contribution in [2.24, 2.45) is 0 Å². The lowest BCUT2D eigenvalue weighted by atomic mass is 10.2. The summed E-state index contributed by atoms with van der Waals surface area (Å²) in [6, 6.07) is 11.5. The van der Waals surface area contributed by atoms with Crippen molar-refractivity contribution in [3.8, 4) is 11.3 Å². The van der Waals surface area contributed by atoms with Crippen LogP contribution in [0.25, 0.3) is 11.3 Å². The van der Waals surface area contributed by atoms with E-state index in [2.05, 4.69) is 5.10 Å². The highest BCUT2D eigenvalue weighted by Crippen LogP contribution is 2.15. The Bertz CT molecular complexity index is 590. The van der Waals surface area contributed by atoms with E-state index < -0.39 is 0 Å². The molecule has 5 nitrogen and oxygen atoms in total. The van der Waals surface area contributed by atoms with Crippen molar-refractivity contribution >= 4 is 11.9 Å². The number of benzene rings is 1. The van der Waals surface area contributed by atoms with Crippen LogP contribution in [0.3, 0.4) is 0 Å². The van der Waals surface area contributed by atoms with Crippen molar-refractivity contribution in [3.05, 3.63) is 42.6 Å². The molecule has 0 aliphatic rings. The molecule has 2 rings (SSSR count). The fourth-order valence-electron chi connectivity index (χ4n) is 1.78. The average molecular weight is 272 g/mol. The molecule has 0 fully saturated rings. The van der Waals surface area contributed by atoms with Crippen LogP contribution in [-0.4, -0.2) is 28.3 Å². The highest BCUT2D eigenvalue weighted by atomic mass is 16.5. The molecule has 1 aromatic heterocycles. The summed E-state index contributed by atoms with van der Waals surface area (Å²) in [4.78, 5) is 22.5. The highest BCUT2D eigenvalue weighted by Gasteiger charge is 2.08. The number of carbonyl (C=O) groups is 2. The summed E-state index contributed by atoms with van der Waals surface area (Å²) in [6.45, 7) is 1.61. The molecule has 0 unspecified atom stereocenters. The lowest BCUT2D eigenvalue weighted by Crippen LogP contribution is -2.12. The van der Waals surface area contributed by atoms with E-state index in [-0.39, 0.29) is 18.5 Å². The molecule has 0 spiro atoms. The van der Waals surface area contributed by atoms with Crippen LogP contribution in [0.4, 0.5) is 0 Å². The van der Waals surface area contributed by atoms with Crippen LogP contribution in [0.2, 0.25) is 0 Å². The van der Waals surface area contributed by atoms with Gasteiger partial charge in [-0.3, -0.25) is 9.59 Å². The number of esters is 1. The van der Waals surface area contributed by atoms with Crippen LogP contribution >= 0.6 is 0 Å². The number of carbonyl (C=O) groups excluding carboxylic acids is 2. The molecular weight excluding hydrogens is 256 g/mol. The lowest BCUT2D eigenvalue weighted by molar-refractivity contribution is -0.141. The largest absolute Gasteiger partial charge is 0.466 e. The van der Waals surface area contributed by atoms with E-state index >= 15 is 0 Å². The third-order valence-electron chi connectivity index (χ3n) is 2.75. The Balaban J connectivity index is 1.92. The number of hydrogen-bond donors (Lipinski definition) is 0.